The Kier molecular flexibility index (Phi) is 5.28. The second-order valence-electron chi connectivity index (χ2n) is 8.64. The van der Waals surface area contributed by atoms with Gasteiger partial charge in [0.2, 0.25) is 0 Å². The highest BCUT2D eigenvalue weighted by atomic mass is 16.5. The van der Waals surface area contributed by atoms with Crippen molar-refractivity contribution in [3.8, 4) is 11.5 Å². The molecule has 4 nitrogen and oxygen atoms in total. The van der Waals surface area contributed by atoms with Crippen LogP contribution in [0.3, 0.4) is 0 Å². The maximum Gasteiger partial charge on any atom is 0.166 e. The van der Waals surface area contributed by atoms with E-state index in [9.17, 15) is 4.79 Å². The Balaban J connectivity index is 1.32. The Hall–Kier alpha value is -2.33. The molecule has 2 bridgehead atoms. The molecule has 2 aromatic rings. The fraction of sp³-hybridized carbons (Fsp3) is 0.480. The first kappa shape index (κ1) is 18.7. The van der Waals surface area contributed by atoms with Crippen LogP contribution in [0.1, 0.15) is 54.4 Å². The number of ketones is 1. The normalized spacial score (nSPS) is 26.6. The monoisotopic (exact) mass is 391 g/mol. The smallest absolute Gasteiger partial charge is 0.166 e. The van der Waals surface area contributed by atoms with E-state index < -0.39 is 0 Å². The van der Waals surface area contributed by atoms with E-state index >= 15 is 0 Å². The van der Waals surface area contributed by atoms with E-state index in [1.807, 2.05) is 18.2 Å². The topological polar surface area (TPSA) is 38.8 Å². The van der Waals surface area contributed by atoms with Gasteiger partial charge in [-0.2, -0.15) is 0 Å². The van der Waals surface area contributed by atoms with Gasteiger partial charge in [-0.05, 0) is 49.4 Å². The van der Waals surface area contributed by atoms with Gasteiger partial charge in [-0.25, -0.2) is 0 Å². The molecule has 3 aliphatic rings. The van der Waals surface area contributed by atoms with Crippen molar-refractivity contribution in [3.05, 3.63) is 59.7 Å². The summed E-state index contributed by atoms with van der Waals surface area (Å²) in [5.74, 6) is 1.86. The lowest BCUT2D eigenvalue weighted by molar-refractivity contribution is 0.00905. The zero-order valence-corrected chi connectivity index (χ0v) is 16.9. The van der Waals surface area contributed by atoms with E-state index in [4.69, 9.17) is 9.47 Å². The Morgan fingerprint density at radius 3 is 2.38 bits per heavy atom. The van der Waals surface area contributed by atoms with Crippen LogP contribution in [0, 0.1) is 5.92 Å². The number of nitrogens with zero attached hydrogens (tertiary/aromatic N) is 1. The van der Waals surface area contributed by atoms with Gasteiger partial charge >= 0.3 is 0 Å². The molecule has 152 valence electrons. The summed E-state index contributed by atoms with van der Waals surface area (Å²) in [4.78, 5) is 16.0. The summed E-state index contributed by atoms with van der Waals surface area (Å²) in [7, 11) is 0. The minimum Gasteiger partial charge on any atom is -0.490 e. The van der Waals surface area contributed by atoms with Crippen LogP contribution in [0.15, 0.2) is 48.5 Å². The van der Waals surface area contributed by atoms with Crippen molar-refractivity contribution in [2.24, 2.45) is 5.92 Å². The highest BCUT2D eigenvalue weighted by Gasteiger charge is 2.40. The van der Waals surface area contributed by atoms with Crippen LogP contribution < -0.4 is 9.47 Å². The molecule has 0 N–H and O–H groups in total. The lowest BCUT2D eigenvalue weighted by Crippen LogP contribution is -2.52. The van der Waals surface area contributed by atoms with Gasteiger partial charge in [0.05, 0.1) is 13.2 Å². The summed E-state index contributed by atoms with van der Waals surface area (Å²) < 4.78 is 11.5. The van der Waals surface area contributed by atoms with E-state index in [1.54, 1.807) is 0 Å². The van der Waals surface area contributed by atoms with Gasteiger partial charge in [0.25, 0.3) is 0 Å². The second kappa shape index (κ2) is 8.19. The number of carbonyl (C=O) groups is 1. The Morgan fingerprint density at radius 2 is 1.62 bits per heavy atom. The van der Waals surface area contributed by atoms with Gasteiger partial charge in [-0.1, -0.05) is 36.8 Å². The molecule has 2 unspecified atom stereocenters. The largest absolute Gasteiger partial charge is 0.490 e. The maximum absolute atomic E-state index is 13.4. The van der Waals surface area contributed by atoms with Crippen molar-refractivity contribution in [1.82, 2.24) is 4.90 Å². The summed E-state index contributed by atoms with van der Waals surface area (Å²) in [5, 5.41) is 0. The first-order valence-corrected chi connectivity index (χ1v) is 11.0. The molecule has 0 radical (unpaired) electrons. The predicted molar refractivity (Wildman–Crippen MR) is 113 cm³/mol. The van der Waals surface area contributed by atoms with Crippen molar-refractivity contribution in [3.63, 3.8) is 0 Å². The number of benzene rings is 2. The molecule has 3 heterocycles. The number of hydrogen-bond donors (Lipinski definition) is 0. The van der Waals surface area contributed by atoms with Crippen LogP contribution >= 0.6 is 0 Å². The minimum atomic E-state index is 0.113. The summed E-state index contributed by atoms with van der Waals surface area (Å²) in [6, 6.07) is 17.5. The molecule has 3 aliphatic heterocycles. The first-order chi connectivity index (χ1) is 14.3. The molecular weight excluding hydrogens is 362 g/mol. The first-order valence-electron chi connectivity index (χ1n) is 11.0. The zero-order chi connectivity index (χ0) is 19.6. The van der Waals surface area contributed by atoms with Gasteiger partial charge in [-0.15, -0.1) is 0 Å². The van der Waals surface area contributed by atoms with Crippen LogP contribution in [0.25, 0.3) is 0 Å². The summed E-state index contributed by atoms with van der Waals surface area (Å²) >= 11 is 0. The average Bonchev–Trinajstić information content (AvgIpc) is 2.98. The Morgan fingerprint density at radius 1 is 0.897 bits per heavy atom. The second-order valence-corrected chi connectivity index (χ2v) is 8.64. The van der Waals surface area contributed by atoms with Crippen molar-refractivity contribution in [2.45, 2.75) is 57.2 Å². The number of Topliss-reactive ketones (excluding diaryl/α,β-unsaturated/α-hetero) is 1. The van der Waals surface area contributed by atoms with Crippen LogP contribution in [-0.2, 0) is 6.54 Å². The van der Waals surface area contributed by atoms with Gasteiger partial charge in [0.15, 0.2) is 17.3 Å². The molecule has 0 spiro atoms. The van der Waals surface area contributed by atoms with E-state index in [0.717, 1.165) is 42.9 Å². The summed E-state index contributed by atoms with van der Waals surface area (Å²) in [5.41, 5.74) is 2.14. The van der Waals surface area contributed by atoms with Crippen LogP contribution in [-0.4, -0.2) is 36.0 Å². The Labute approximate surface area is 172 Å². The van der Waals surface area contributed by atoms with E-state index in [1.165, 1.54) is 24.8 Å². The molecule has 4 heteroatoms. The fourth-order valence-corrected chi connectivity index (χ4v) is 5.30. The van der Waals surface area contributed by atoms with Gasteiger partial charge in [0.1, 0.15) is 0 Å². The number of piperidine rings is 2. The lowest BCUT2D eigenvalue weighted by Gasteiger charge is -2.48. The fourth-order valence-electron chi connectivity index (χ4n) is 5.30. The highest BCUT2D eigenvalue weighted by molar-refractivity contribution is 5.98. The quantitative estimate of drug-likeness (QED) is 0.698. The molecule has 2 atom stereocenters. The summed E-state index contributed by atoms with van der Waals surface area (Å²) in [6.45, 7) is 2.32. The molecule has 2 aromatic carbocycles. The van der Waals surface area contributed by atoms with Gasteiger partial charge < -0.3 is 9.47 Å². The predicted octanol–water partition coefficient (Wildman–Crippen LogP) is 4.86. The SMILES string of the molecule is O=C(c1ccc2c(c1)OCCCO2)C1CC2CCCC(C1)N2Cc1ccccc1. The minimum absolute atomic E-state index is 0.113. The summed E-state index contributed by atoms with van der Waals surface area (Å²) in [6.07, 6.45) is 6.50. The molecule has 0 saturated carbocycles. The third-order valence-electron chi connectivity index (χ3n) is 6.74. The molecule has 0 aromatic heterocycles. The van der Waals surface area contributed by atoms with E-state index in [-0.39, 0.29) is 11.7 Å². The molecule has 2 saturated heterocycles. The van der Waals surface area contributed by atoms with Crippen molar-refractivity contribution in [1.29, 1.82) is 0 Å². The number of ether oxygens (including phenoxy) is 2. The van der Waals surface area contributed by atoms with Crippen molar-refractivity contribution < 1.29 is 14.3 Å². The van der Waals surface area contributed by atoms with Crippen LogP contribution in [0.4, 0.5) is 0 Å². The number of carbonyl (C=O) groups excluding carboxylic acids is 1. The lowest BCUT2D eigenvalue weighted by atomic mass is 9.75. The van der Waals surface area contributed by atoms with E-state index in [2.05, 4.69) is 35.2 Å². The number of rotatable bonds is 4. The molecule has 5 rings (SSSR count). The standard InChI is InChI=1S/C25H29NO3/c27-25(19-10-11-23-24(16-19)29-13-5-12-28-23)20-14-21-8-4-9-22(15-20)26(21)17-18-6-2-1-3-7-18/h1-3,6-7,10-11,16,20-22H,4-5,8-9,12-15,17H2. The van der Waals surface area contributed by atoms with E-state index in [0.29, 0.717) is 25.3 Å². The van der Waals surface area contributed by atoms with Crippen molar-refractivity contribution in [2.75, 3.05) is 13.2 Å². The molecule has 0 aliphatic carbocycles. The van der Waals surface area contributed by atoms with Gasteiger partial charge in [-0.3, -0.25) is 9.69 Å². The van der Waals surface area contributed by atoms with Gasteiger partial charge in [0, 0.05) is 36.5 Å². The maximum atomic E-state index is 13.4. The zero-order valence-electron chi connectivity index (χ0n) is 16.9. The number of fused-ring (bicyclic) bond motifs is 3. The number of hydrogen-bond acceptors (Lipinski definition) is 4. The van der Waals surface area contributed by atoms with Crippen LogP contribution in [0.2, 0.25) is 0 Å². The molecule has 29 heavy (non-hydrogen) atoms. The third kappa shape index (κ3) is 3.91. The highest BCUT2D eigenvalue weighted by Crippen LogP contribution is 2.40. The Bertz CT molecular complexity index is 852. The third-order valence-corrected chi connectivity index (χ3v) is 6.74. The molecule has 0 amide bonds. The van der Waals surface area contributed by atoms with Crippen molar-refractivity contribution >= 4 is 5.78 Å². The average molecular weight is 392 g/mol. The molecule has 2 fully saturated rings. The molecular formula is C25H29NO3. The van der Waals surface area contributed by atoms with Crippen LogP contribution in [0.5, 0.6) is 11.5 Å².